The van der Waals surface area contributed by atoms with Crippen LogP contribution in [-0.4, -0.2) is 13.7 Å². The zero-order valence-corrected chi connectivity index (χ0v) is 10.1. The average molecular weight is 259 g/mol. The molecule has 0 aliphatic carbocycles. The van der Waals surface area contributed by atoms with E-state index in [4.69, 9.17) is 9.47 Å². The molecule has 0 N–H and O–H groups in total. The molecule has 14 heavy (non-hydrogen) atoms. The summed E-state index contributed by atoms with van der Waals surface area (Å²) in [6, 6.07) is 5.76. The number of methoxy groups -OCH3 is 1. The van der Waals surface area contributed by atoms with Crippen LogP contribution in [0.1, 0.15) is 19.8 Å². The maximum atomic E-state index is 5.59. The third kappa shape index (κ3) is 3.22. The van der Waals surface area contributed by atoms with E-state index < -0.39 is 0 Å². The van der Waals surface area contributed by atoms with Crippen LogP contribution in [0.3, 0.4) is 0 Å². The van der Waals surface area contributed by atoms with Gasteiger partial charge in [0.25, 0.3) is 0 Å². The third-order valence-corrected chi connectivity index (χ3v) is 2.37. The highest BCUT2D eigenvalue weighted by Crippen LogP contribution is 2.30. The van der Waals surface area contributed by atoms with Crippen molar-refractivity contribution in [2.75, 3.05) is 13.7 Å². The van der Waals surface area contributed by atoms with E-state index in [0.717, 1.165) is 35.4 Å². The first-order chi connectivity index (χ1) is 6.77. The van der Waals surface area contributed by atoms with Gasteiger partial charge in [-0.05, 0) is 24.6 Å². The summed E-state index contributed by atoms with van der Waals surface area (Å²) in [7, 11) is 1.65. The van der Waals surface area contributed by atoms with Crippen LogP contribution in [0.15, 0.2) is 22.7 Å². The first-order valence-electron chi connectivity index (χ1n) is 4.74. The van der Waals surface area contributed by atoms with Crippen LogP contribution in [0, 0.1) is 0 Å². The first kappa shape index (κ1) is 11.4. The molecule has 0 aromatic heterocycles. The van der Waals surface area contributed by atoms with Crippen LogP contribution < -0.4 is 9.47 Å². The Morgan fingerprint density at radius 2 is 2.07 bits per heavy atom. The Kier molecular flexibility index (Phi) is 4.80. The fourth-order valence-electron chi connectivity index (χ4n) is 1.09. The molecule has 1 aromatic rings. The van der Waals surface area contributed by atoms with Gasteiger partial charge < -0.3 is 9.47 Å². The predicted molar refractivity (Wildman–Crippen MR) is 61.1 cm³/mol. The SMILES string of the molecule is CCCCOc1cc(Br)ccc1OC. The first-order valence-corrected chi connectivity index (χ1v) is 5.53. The van der Waals surface area contributed by atoms with Gasteiger partial charge in [0, 0.05) is 4.47 Å². The molecule has 0 aliphatic heterocycles. The number of rotatable bonds is 5. The summed E-state index contributed by atoms with van der Waals surface area (Å²) in [6.07, 6.45) is 2.20. The second-order valence-corrected chi connectivity index (χ2v) is 3.91. The summed E-state index contributed by atoms with van der Waals surface area (Å²) in [4.78, 5) is 0. The Balaban J connectivity index is 2.67. The van der Waals surface area contributed by atoms with E-state index in [1.807, 2.05) is 18.2 Å². The molecule has 0 fully saturated rings. The highest BCUT2D eigenvalue weighted by atomic mass is 79.9. The molecule has 0 heterocycles. The van der Waals surface area contributed by atoms with E-state index in [2.05, 4.69) is 22.9 Å². The third-order valence-electron chi connectivity index (χ3n) is 1.88. The molecule has 0 spiro atoms. The fraction of sp³-hybridized carbons (Fsp3) is 0.455. The van der Waals surface area contributed by atoms with E-state index in [1.54, 1.807) is 7.11 Å². The minimum atomic E-state index is 0.739. The van der Waals surface area contributed by atoms with E-state index >= 15 is 0 Å². The lowest BCUT2D eigenvalue weighted by Crippen LogP contribution is -1.98. The molecule has 2 nitrogen and oxygen atoms in total. The summed E-state index contributed by atoms with van der Waals surface area (Å²) in [6.45, 7) is 2.88. The van der Waals surface area contributed by atoms with E-state index in [-0.39, 0.29) is 0 Å². The van der Waals surface area contributed by atoms with Gasteiger partial charge in [0.15, 0.2) is 11.5 Å². The van der Waals surface area contributed by atoms with Crippen molar-refractivity contribution in [3.8, 4) is 11.5 Å². The Bertz CT molecular complexity index is 287. The van der Waals surface area contributed by atoms with Crippen molar-refractivity contribution in [2.45, 2.75) is 19.8 Å². The lowest BCUT2D eigenvalue weighted by atomic mass is 10.3. The topological polar surface area (TPSA) is 18.5 Å². The molecule has 0 atom stereocenters. The molecule has 1 aromatic carbocycles. The molecule has 0 amide bonds. The molecular formula is C11H15BrO2. The maximum absolute atomic E-state index is 5.59. The van der Waals surface area contributed by atoms with Gasteiger partial charge in [0.1, 0.15) is 0 Å². The van der Waals surface area contributed by atoms with E-state index in [0.29, 0.717) is 0 Å². The molecule has 3 heteroatoms. The van der Waals surface area contributed by atoms with Crippen molar-refractivity contribution in [1.29, 1.82) is 0 Å². The maximum Gasteiger partial charge on any atom is 0.162 e. The van der Waals surface area contributed by atoms with E-state index in [1.165, 1.54) is 0 Å². The summed E-state index contributed by atoms with van der Waals surface area (Å²) in [5.41, 5.74) is 0. The monoisotopic (exact) mass is 258 g/mol. The summed E-state index contributed by atoms with van der Waals surface area (Å²) >= 11 is 3.40. The molecule has 1 rings (SSSR count). The molecule has 0 unspecified atom stereocenters. The van der Waals surface area contributed by atoms with Gasteiger partial charge in [0.05, 0.1) is 13.7 Å². The van der Waals surface area contributed by atoms with Gasteiger partial charge in [-0.15, -0.1) is 0 Å². The number of ether oxygens (including phenoxy) is 2. The van der Waals surface area contributed by atoms with Gasteiger partial charge in [-0.25, -0.2) is 0 Å². The van der Waals surface area contributed by atoms with Crippen molar-refractivity contribution >= 4 is 15.9 Å². The zero-order valence-electron chi connectivity index (χ0n) is 8.55. The van der Waals surface area contributed by atoms with Crippen molar-refractivity contribution in [3.05, 3.63) is 22.7 Å². The second-order valence-electron chi connectivity index (χ2n) is 3.00. The average Bonchev–Trinajstić information content (AvgIpc) is 2.19. The van der Waals surface area contributed by atoms with Crippen LogP contribution in [-0.2, 0) is 0 Å². The van der Waals surface area contributed by atoms with Crippen molar-refractivity contribution < 1.29 is 9.47 Å². The van der Waals surface area contributed by atoms with Crippen LogP contribution in [0.25, 0.3) is 0 Å². The molecule has 0 saturated heterocycles. The number of hydrogen-bond donors (Lipinski definition) is 0. The normalized spacial score (nSPS) is 9.93. The van der Waals surface area contributed by atoms with Crippen molar-refractivity contribution in [2.24, 2.45) is 0 Å². The Morgan fingerprint density at radius 3 is 2.71 bits per heavy atom. The zero-order chi connectivity index (χ0) is 10.4. The minimum absolute atomic E-state index is 0.739. The van der Waals surface area contributed by atoms with Gasteiger partial charge >= 0.3 is 0 Å². The Labute approximate surface area is 93.4 Å². The van der Waals surface area contributed by atoms with Crippen LogP contribution in [0.5, 0.6) is 11.5 Å². The number of halogens is 1. The highest BCUT2D eigenvalue weighted by molar-refractivity contribution is 9.10. The van der Waals surface area contributed by atoms with Crippen molar-refractivity contribution in [1.82, 2.24) is 0 Å². The summed E-state index contributed by atoms with van der Waals surface area (Å²) in [5.74, 6) is 1.58. The summed E-state index contributed by atoms with van der Waals surface area (Å²) < 4.78 is 11.8. The fourth-order valence-corrected chi connectivity index (χ4v) is 1.43. The van der Waals surface area contributed by atoms with E-state index in [9.17, 15) is 0 Å². The largest absolute Gasteiger partial charge is 0.493 e. The molecule has 0 saturated carbocycles. The molecule has 0 radical (unpaired) electrons. The van der Waals surface area contributed by atoms with Crippen LogP contribution >= 0.6 is 15.9 Å². The molecule has 0 bridgehead atoms. The smallest absolute Gasteiger partial charge is 0.162 e. The number of benzene rings is 1. The number of hydrogen-bond acceptors (Lipinski definition) is 2. The standard InChI is InChI=1S/C11H15BrO2/c1-3-4-7-14-11-8-9(12)5-6-10(11)13-2/h5-6,8H,3-4,7H2,1-2H3. The van der Waals surface area contributed by atoms with Crippen molar-refractivity contribution in [3.63, 3.8) is 0 Å². The quantitative estimate of drug-likeness (QED) is 0.751. The van der Waals surface area contributed by atoms with Gasteiger partial charge in [-0.1, -0.05) is 29.3 Å². The number of unbranched alkanes of at least 4 members (excludes halogenated alkanes) is 1. The van der Waals surface area contributed by atoms with Gasteiger partial charge in [-0.3, -0.25) is 0 Å². The molecule has 78 valence electrons. The second kappa shape index (κ2) is 5.91. The summed E-state index contributed by atoms with van der Waals surface area (Å²) in [5, 5.41) is 0. The molecular weight excluding hydrogens is 244 g/mol. The van der Waals surface area contributed by atoms with Crippen LogP contribution in [0.2, 0.25) is 0 Å². The van der Waals surface area contributed by atoms with Gasteiger partial charge in [0.2, 0.25) is 0 Å². The van der Waals surface area contributed by atoms with Crippen LogP contribution in [0.4, 0.5) is 0 Å². The Hall–Kier alpha value is -0.700. The highest BCUT2D eigenvalue weighted by Gasteiger charge is 2.03. The predicted octanol–water partition coefficient (Wildman–Crippen LogP) is 3.64. The molecule has 0 aliphatic rings. The Morgan fingerprint density at radius 1 is 1.29 bits per heavy atom. The lowest BCUT2D eigenvalue weighted by molar-refractivity contribution is 0.288. The minimum Gasteiger partial charge on any atom is -0.493 e. The van der Waals surface area contributed by atoms with Gasteiger partial charge in [-0.2, -0.15) is 0 Å². The lowest BCUT2D eigenvalue weighted by Gasteiger charge is -2.10.